The number of rotatable bonds is 5. The zero-order valence-corrected chi connectivity index (χ0v) is 16.6. The van der Waals surface area contributed by atoms with E-state index in [1.165, 1.54) is 18.9 Å². The van der Waals surface area contributed by atoms with Gasteiger partial charge in [0, 0.05) is 14.8 Å². The molecule has 0 N–H and O–H groups in total. The molecular formula is C19H14ClNO4S2. The van der Waals surface area contributed by atoms with Gasteiger partial charge in [-0.3, -0.25) is 19.3 Å². The quantitative estimate of drug-likeness (QED) is 0.517. The number of methoxy groups -OCH3 is 1. The Kier molecular flexibility index (Phi) is 6.26. The maximum Gasteiger partial charge on any atom is 0.325 e. The highest BCUT2D eigenvalue weighted by Crippen LogP contribution is 2.36. The molecule has 3 rings (SSSR count). The number of thioether (sulfide) groups is 1. The molecule has 1 saturated heterocycles. The number of benzene rings is 2. The van der Waals surface area contributed by atoms with E-state index in [-0.39, 0.29) is 11.4 Å². The maximum atomic E-state index is 12.5. The van der Waals surface area contributed by atoms with Crippen molar-refractivity contribution in [3.8, 4) is 0 Å². The third-order valence-electron chi connectivity index (χ3n) is 3.64. The molecule has 2 aromatic rings. The molecule has 1 aliphatic rings. The van der Waals surface area contributed by atoms with Crippen molar-refractivity contribution in [2.45, 2.75) is 9.79 Å². The largest absolute Gasteiger partial charge is 0.468 e. The van der Waals surface area contributed by atoms with Crippen LogP contribution in [0.15, 0.2) is 63.2 Å². The topological polar surface area (TPSA) is 63.7 Å². The summed E-state index contributed by atoms with van der Waals surface area (Å²) in [7, 11) is 1.21. The van der Waals surface area contributed by atoms with Gasteiger partial charge in [0.25, 0.3) is 11.1 Å². The van der Waals surface area contributed by atoms with E-state index in [2.05, 4.69) is 4.74 Å². The summed E-state index contributed by atoms with van der Waals surface area (Å²) in [5.74, 6) is -1.14. The molecule has 0 unspecified atom stereocenters. The smallest absolute Gasteiger partial charge is 0.325 e. The van der Waals surface area contributed by atoms with Crippen molar-refractivity contribution >= 4 is 58.3 Å². The summed E-state index contributed by atoms with van der Waals surface area (Å²) in [4.78, 5) is 39.0. The Morgan fingerprint density at radius 3 is 2.59 bits per heavy atom. The standard InChI is InChI=1S/C19H14ClNO4S2/c1-25-17(22)11-21-18(23)16(27-19(21)24)10-12-4-2-3-5-15(12)26-14-8-6-13(20)7-9-14/h2-10H,11H2,1H3/b16-10-. The first-order valence-electron chi connectivity index (χ1n) is 7.82. The van der Waals surface area contributed by atoms with Gasteiger partial charge in [-0.2, -0.15) is 0 Å². The van der Waals surface area contributed by atoms with Gasteiger partial charge in [-0.1, -0.05) is 41.6 Å². The van der Waals surface area contributed by atoms with Crippen molar-refractivity contribution in [2.24, 2.45) is 0 Å². The van der Waals surface area contributed by atoms with Gasteiger partial charge in [-0.05, 0) is 53.7 Å². The zero-order valence-electron chi connectivity index (χ0n) is 14.2. The number of ether oxygens (including phenoxy) is 1. The summed E-state index contributed by atoms with van der Waals surface area (Å²) in [6.45, 7) is -0.389. The second-order valence-corrected chi connectivity index (χ2v) is 7.98. The van der Waals surface area contributed by atoms with Crippen molar-refractivity contribution in [1.29, 1.82) is 0 Å². The highest BCUT2D eigenvalue weighted by molar-refractivity contribution is 8.18. The van der Waals surface area contributed by atoms with E-state index in [1.807, 2.05) is 48.5 Å². The van der Waals surface area contributed by atoms with E-state index in [0.29, 0.717) is 5.02 Å². The summed E-state index contributed by atoms with van der Waals surface area (Å²) in [5.41, 5.74) is 0.806. The van der Waals surface area contributed by atoms with Crippen LogP contribution in [-0.4, -0.2) is 35.7 Å². The Morgan fingerprint density at radius 1 is 1.19 bits per heavy atom. The summed E-state index contributed by atoms with van der Waals surface area (Å²) < 4.78 is 4.53. The second-order valence-electron chi connectivity index (χ2n) is 5.44. The predicted molar refractivity (Wildman–Crippen MR) is 107 cm³/mol. The fourth-order valence-electron chi connectivity index (χ4n) is 2.29. The third kappa shape index (κ3) is 4.74. The first-order chi connectivity index (χ1) is 13.0. The molecule has 2 amide bonds. The fraction of sp³-hybridized carbons (Fsp3) is 0.105. The molecule has 1 aliphatic heterocycles. The molecule has 0 aliphatic carbocycles. The van der Waals surface area contributed by atoms with E-state index in [1.54, 1.807) is 6.08 Å². The Bertz CT molecular complexity index is 928. The van der Waals surface area contributed by atoms with Gasteiger partial charge in [-0.15, -0.1) is 0 Å². The van der Waals surface area contributed by atoms with Crippen molar-refractivity contribution < 1.29 is 19.1 Å². The van der Waals surface area contributed by atoms with Crippen LogP contribution in [0, 0.1) is 0 Å². The number of hydrogen-bond acceptors (Lipinski definition) is 6. The SMILES string of the molecule is COC(=O)CN1C(=O)S/C(=C\c2ccccc2Sc2ccc(Cl)cc2)C1=O. The van der Waals surface area contributed by atoms with Gasteiger partial charge in [0.1, 0.15) is 6.54 Å². The first-order valence-corrected chi connectivity index (χ1v) is 9.83. The van der Waals surface area contributed by atoms with Crippen LogP contribution in [0.1, 0.15) is 5.56 Å². The van der Waals surface area contributed by atoms with Gasteiger partial charge < -0.3 is 4.74 Å². The molecular weight excluding hydrogens is 406 g/mol. The Balaban J connectivity index is 1.85. The Morgan fingerprint density at radius 2 is 1.89 bits per heavy atom. The minimum absolute atomic E-state index is 0.271. The summed E-state index contributed by atoms with van der Waals surface area (Å²) in [6.07, 6.45) is 1.67. The number of carbonyl (C=O) groups excluding carboxylic acids is 3. The number of hydrogen-bond donors (Lipinski definition) is 0. The fourth-order valence-corrected chi connectivity index (χ4v) is 4.17. The van der Waals surface area contributed by atoms with Crippen molar-refractivity contribution in [1.82, 2.24) is 4.90 Å². The Hall–Kier alpha value is -2.22. The monoisotopic (exact) mass is 419 g/mol. The van der Waals surface area contributed by atoms with Crippen molar-refractivity contribution in [2.75, 3.05) is 13.7 Å². The summed E-state index contributed by atoms with van der Waals surface area (Å²) in [6, 6.07) is 15.0. The van der Waals surface area contributed by atoms with Crippen molar-refractivity contribution in [3.63, 3.8) is 0 Å². The second kappa shape index (κ2) is 8.65. The number of imide groups is 1. The third-order valence-corrected chi connectivity index (χ3v) is 5.89. The van der Waals surface area contributed by atoms with Crippen LogP contribution in [0.5, 0.6) is 0 Å². The highest BCUT2D eigenvalue weighted by Gasteiger charge is 2.36. The molecule has 0 aromatic heterocycles. The molecule has 5 nitrogen and oxygen atoms in total. The zero-order chi connectivity index (χ0) is 19.4. The van der Waals surface area contributed by atoms with E-state index in [0.717, 1.165) is 32.0 Å². The van der Waals surface area contributed by atoms with Crippen LogP contribution in [0.25, 0.3) is 6.08 Å². The molecule has 0 bridgehead atoms. The van der Waals surface area contributed by atoms with Crippen LogP contribution in [0.4, 0.5) is 4.79 Å². The maximum absolute atomic E-state index is 12.5. The normalized spacial score (nSPS) is 15.5. The number of carbonyl (C=O) groups is 3. The molecule has 1 heterocycles. The lowest BCUT2D eigenvalue weighted by atomic mass is 10.2. The first kappa shape index (κ1) is 19.5. The molecule has 27 heavy (non-hydrogen) atoms. The predicted octanol–water partition coefficient (Wildman–Crippen LogP) is 4.70. The van der Waals surface area contributed by atoms with Crippen LogP contribution < -0.4 is 0 Å². The van der Waals surface area contributed by atoms with Gasteiger partial charge in [0.15, 0.2) is 0 Å². The van der Waals surface area contributed by atoms with E-state index in [4.69, 9.17) is 11.6 Å². The van der Waals surface area contributed by atoms with Crippen LogP contribution >= 0.6 is 35.1 Å². The number of halogens is 1. The van der Waals surface area contributed by atoms with Gasteiger partial charge >= 0.3 is 5.97 Å². The van der Waals surface area contributed by atoms with Gasteiger partial charge in [0.05, 0.1) is 12.0 Å². The van der Waals surface area contributed by atoms with Crippen LogP contribution in [-0.2, 0) is 14.3 Å². The van der Waals surface area contributed by atoms with Crippen molar-refractivity contribution in [3.05, 3.63) is 64.0 Å². The van der Waals surface area contributed by atoms with E-state index >= 15 is 0 Å². The average molecular weight is 420 g/mol. The number of esters is 1. The highest BCUT2D eigenvalue weighted by atomic mass is 35.5. The molecule has 0 atom stereocenters. The van der Waals surface area contributed by atoms with E-state index in [9.17, 15) is 14.4 Å². The minimum atomic E-state index is -0.641. The summed E-state index contributed by atoms with van der Waals surface area (Å²) >= 11 is 8.26. The molecule has 0 spiro atoms. The lowest BCUT2D eigenvalue weighted by Gasteiger charge is -2.10. The van der Waals surface area contributed by atoms with Gasteiger partial charge in [-0.25, -0.2) is 0 Å². The van der Waals surface area contributed by atoms with E-state index < -0.39 is 17.1 Å². The molecule has 1 fully saturated rings. The molecule has 0 radical (unpaired) electrons. The van der Waals surface area contributed by atoms with Gasteiger partial charge in [0.2, 0.25) is 0 Å². The molecule has 138 valence electrons. The van der Waals surface area contributed by atoms with Crippen LogP contribution in [0.3, 0.4) is 0 Å². The Labute approximate surface area is 169 Å². The number of amides is 2. The van der Waals surface area contributed by atoms with Crippen LogP contribution in [0.2, 0.25) is 5.02 Å². The minimum Gasteiger partial charge on any atom is -0.468 e. The lowest BCUT2D eigenvalue weighted by Crippen LogP contribution is -2.34. The lowest BCUT2D eigenvalue weighted by molar-refractivity contribution is -0.143. The molecule has 8 heteroatoms. The average Bonchev–Trinajstić information content (AvgIpc) is 2.92. The number of nitrogens with zero attached hydrogens (tertiary/aromatic N) is 1. The molecule has 0 saturated carbocycles. The molecule has 2 aromatic carbocycles. The summed E-state index contributed by atoms with van der Waals surface area (Å²) in [5, 5.41) is 0.173.